The van der Waals surface area contributed by atoms with E-state index < -0.39 is 107 Å². The van der Waals surface area contributed by atoms with Gasteiger partial charge in [0.1, 0.15) is 5.75 Å². The number of hydrogen-bond donors (Lipinski definition) is 5. The Morgan fingerprint density at radius 1 is 1.09 bits per heavy atom. The highest BCUT2D eigenvalue weighted by Crippen LogP contribution is 2.54. The van der Waals surface area contributed by atoms with Crippen LogP contribution in [0.5, 0.6) is 5.75 Å². The summed E-state index contributed by atoms with van der Waals surface area (Å²) in [7, 11) is 2.80. The minimum absolute atomic E-state index is 0.0865. The van der Waals surface area contributed by atoms with Crippen molar-refractivity contribution < 1.29 is 57.6 Å². The van der Waals surface area contributed by atoms with Crippen molar-refractivity contribution >= 4 is 29.0 Å². The van der Waals surface area contributed by atoms with Gasteiger partial charge < -0.3 is 26.2 Å². The molecule has 6 N–H and O–H groups in total. The lowest BCUT2D eigenvalue weighted by Gasteiger charge is -2.56. The van der Waals surface area contributed by atoms with Gasteiger partial charge in [-0.15, -0.1) is 0 Å². The Morgan fingerprint density at radius 2 is 1.68 bits per heavy atom. The van der Waals surface area contributed by atoms with Crippen LogP contribution in [0, 0.1) is 23.7 Å². The molecule has 15 heteroatoms. The van der Waals surface area contributed by atoms with Crippen LogP contribution in [0.1, 0.15) is 47.2 Å². The molecule has 1 aromatic rings. The van der Waals surface area contributed by atoms with E-state index in [0.717, 1.165) is 0 Å². The largest absolute Gasteiger partial charge is 0.507 e. The number of piperidine rings is 1. The molecule has 1 saturated heterocycles. The number of benzene rings is 1. The summed E-state index contributed by atoms with van der Waals surface area (Å²) in [6, 6.07) is 1.50. The molecule has 4 aliphatic rings. The molecule has 3 fully saturated rings. The Morgan fingerprint density at radius 3 is 2.20 bits per heavy atom. The van der Waals surface area contributed by atoms with Crippen LogP contribution >= 0.6 is 0 Å². The van der Waals surface area contributed by atoms with E-state index in [4.69, 9.17) is 5.73 Å². The van der Waals surface area contributed by atoms with Gasteiger partial charge >= 0.3 is 6.18 Å². The van der Waals surface area contributed by atoms with Crippen LogP contribution in [0.3, 0.4) is 0 Å². The lowest BCUT2D eigenvalue weighted by Crippen LogP contribution is -2.77. The Hall–Kier alpha value is -3.24. The Balaban J connectivity index is 1.53. The molecule has 2 saturated carbocycles. The number of carbonyl (C=O) groups excluding carboxylic acids is 5. The number of fused-ring (bicyclic) bond motifs is 3. The van der Waals surface area contributed by atoms with Crippen LogP contribution in [0.2, 0.25) is 0 Å². The average Bonchev–Trinajstić information content (AvgIpc) is 2.92. The van der Waals surface area contributed by atoms with Gasteiger partial charge in [0.05, 0.1) is 29.5 Å². The van der Waals surface area contributed by atoms with Crippen molar-refractivity contribution in [2.45, 2.75) is 61.8 Å². The quantitative estimate of drug-likeness (QED) is 0.265. The number of halogens is 3. The van der Waals surface area contributed by atoms with Gasteiger partial charge in [-0.1, -0.05) is 19.1 Å². The number of rotatable bonds is 4. The molecule has 0 aromatic heterocycles. The molecule has 5 rings (SSSR count). The lowest BCUT2D eigenvalue weighted by atomic mass is 9.49. The number of ketones is 4. The third-order valence-corrected chi connectivity index (χ3v) is 10.2. The number of carbonyl (C=O) groups is 5. The van der Waals surface area contributed by atoms with Crippen LogP contribution in [0.25, 0.3) is 0 Å². The minimum atomic E-state index is -4.80. The summed E-state index contributed by atoms with van der Waals surface area (Å²) in [4.78, 5) is 69.7. The first-order chi connectivity index (χ1) is 20.3. The fourth-order valence-electron chi connectivity index (χ4n) is 7.77. The summed E-state index contributed by atoms with van der Waals surface area (Å²) in [6.07, 6.45) is -7.74. The van der Waals surface area contributed by atoms with Crippen LogP contribution in [0.15, 0.2) is 12.1 Å². The summed E-state index contributed by atoms with van der Waals surface area (Å²) in [5.41, 5.74) is -0.528. The van der Waals surface area contributed by atoms with Crippen LogP contribution in [0.4, 0.5) is 13.2 Å². The number of alkyl halides is 3. The number of hydrogen-bond acceptors (Lipinski definition) is 11. The number of nitrogens with zero attached hydrogens (tertiary/aromatic N) is 2. The molecular formula is C29H34F3N3O9. The second-order valence-corrected chi connectivity index (χ2v) is 12.7. The molecule has 0 bridgehead atoms. The SMILES string of the molecule is C[C@H]1c2ccc(CN3CCC(O)(C(F)(F)F)CC3)c(O)c2C(=O)C2C(=O)C3(O)C(=O)C(C(N)=O)C(=O)[C@@H](N(C)C)[C@@H]3[C@@H](O)[C@@H]21. The van der Waals surface area contributed by atoms with Crippen molar-refractivity contribution in [1.82, 2.24) is 9.80 Å². The van der Waals surface area contributed by atoms with Crippen LogP contribution < -0.4 is 5.73 Å². The second kappa shape index (κ2) is 10.4. The van der Waals surface area contributed by atoms with E-state index in [1.807, 2.05) is 0 Å². The first-order valence-electron chi connectivity index (χ1n) is 14.2. The number of aliphatic hydroxyl groups excluding tert-OH is 1. The standard InChI is InChI=1S/C29H34F3N3O9/c1-11-13-5-4-12(10-35-8-6-27(43,7-9-35)29(30,31)32)20(36)15(13)21(37)16-14(11)22(38)18-19(34(2)3)23(39)17(26(33)42)25(41)28(18,44)24(16)40/h4-5,11,14,16-19,22,36,38,43-44H,6-10H2,1-3H3,(H2,33,42)/t11-,14+,16?,17?,18+,19-,22-,28?/m0/s1. The molecule has 3 unspecified atom stereocenters. The van der Waals surface area contributed by atoms with Crippen LogP contribution in [-0.4, -0.2) is 116 Å². The van der Waals surface area contributed by atoms with E-state index in [1.54, 1.807) is 11.8 Å². The van der Waals surface area contributed by atoms with Crippen molar-refractivity contribution in [1.29, 1.82) is 0 Å². The molecule has 3 aliphatic carbocycles. The first kappa shape index (κ1) is 32.2. The molecular weight excluding hydrogens is 591 g/mol. The van der Waals surface area contributed by atoms with E-state index >= 15 is 0 Å². The lowest BCUT2D eigenvalue weighted by molar-refractivity contribution is -0.272. The van der Waals surface area contributed by atoms with Crippen molar-refractivity contribution in [2.24, 2.45) is 29.4 Å². The van der Waals surface area contributed by atoms with Gasteiger partial charge in [0, 0.05) is 31.1 Å². The molecule has 1 aliphatic heterocycles. The van der Waals surface area contributed by atoms with Crippen molar-refractivity contribution in [2.75, 3.05) is 27.2 Å². The number of primary amides is 1. The molecule has 44 heavy (non-hydrogen) atoms. The number of phenolic OH excluding ortho intramolecular Hbond substituents is 1. The number of aromatic hydroxyl groups is 1. The van der Waals surface area contributed by atoms with Crippen LogP contribution in [-0.2, 0) is 25.7 Å². The molecule has 240 valence electrons. The molecule has 0 radical (unpaired) electrons. The number of aliphatic hydroxyl groups is 3. The monoisotopic (exact) mass is 625 g/mol. The highest BCUT2D eigenvalue weighted by Gasteiger charge is 2.73. The first-order valence-corrected chi connectivity index (χ1v) is 14.2. The number of nitrogens with two attached hydrogens (primary N) is 1. The highest BCUT2D eigenvalue weighted by molar-refractivity contribution is 6.32. The summed E-state index contributed by atoms with van der Waals surface area (Å²) in [6.45, 7) is 1.18. The fourth-order valence-corrected chi connectivity index (χ4v) is 7.77. The molecule has 1 aromatic carbocycles. The van der Waals surface area contributed by atoms with Gasteiger partial charge in [0.2, 0.25) is 5.91 Å². The minimum Gasteiger partial charge on any atom is -0.507 e. The van der Waals surface area contributed by atoms with E-state index in [9.17, 15) is 57.6 Å². The summed E-state index contributed by atoms with van der Waals surface area (Å²) in [5.74, 6) is -14.5. The summed E-state index contributed by atoms with van der Waals surface area (Å²) in [5, 5.41) is 44.6. The maximum absolute atomic E-state index is 14.0. The zero-order valence-electron chi connectivity index (χ0n) is 24.2. The van der Waals surface area contributed by atoms with Crippen molar-refractivity contribution in [3.8, 4) is 5.75 Å². The Kier molecular flexibility index (Phi) is 7.61. The zero-order chi connectivity index (χ0) is 32.8. The number of Topliss-reactive ketones (excluding diaryl/α,β-unsaturated/α-hetero) is 4. The topological polar surface area (TPSA) is 199 Å². The molecule has 1 heterocycles. The van der Waals surface area contributed by atoms with E-state index in [1.165, 1.54) is 31.1 Å². The molecule has 0 spiro atoms. The van der Waals surface area contributed by atoms with Gasteiger partial charge in [0.25, 0.3) is 0 Å². The van der Waals surface area contributed by atoms with Gasteiger partial charge in [-0.2, -0.15) is 13.2 Å². The summed E-state index contributed by atoms with van der Waals surface area (Å²) < 4.78 is 39.7. The number of likely N-dealkylation sites (N-methyl/N-ethyl adjacent to an activating group) is 1. The van der Waals surface area contributed by atoms with Gasteiger partial charge in [-0.3, -0.25) is 33.8 Å². The predicted octanol–water partition coefficient (Wildman–Crippen LogP) is -0.712. The zero-order valence-corrected chi connectivity index (χ0v) is 24.2. The normalized spacial score (nSPS) is 35.7. The Bertz CT molecular complexity index is 1460. The third kappa shape index (κ3) is 4.35. The van der Waals surface area contributed by atoms with Crippen molar-refractivity contribution in [3.05, 3.63) is 28.8 Å². The average molecular weight is 626 g/mol. The van der Waals surface area contributed by atoms with Crippen molar-refractivity contribution in [3.63, 3.8) is 0 Å². The second-order valence-electron chi connectivity index (χ2n) is 12.7. The smallest absolute Gasteiger partial charge is 0.417 e. The van der Waals surface area contributed by atoms with Gasteiger partial charge in [0.15, 0.2) is 40.3 Å². The Labute approximate surface area is 249 Å². The fraction of sp³-hybridized carbons (Fsp3) is 0.621. The summed E-state index contributed by atoms with van der Waals surface area (Å²) >= 11 is 0. The van der Waals surface area contributed by atoms with Gasteiger partial charge in [-0.25, -0.2) is 0 Å². The molecule has 12 nitrogen and oxygen atoms in total. The van der Waals surface area contributed by atoms with E-state index in [0.29, 0.717) is 0 Å². The molecule has 8 atom stereocenters. The van der Waals surface area contributed by atoms with Gasteiger partial charge in [-0.05, 0) is 38.4 Å². The number of phenols is 1. The van der Waals surface area contributed by atoms with E-state index in [2.05, 4.69) is 0 Å². The molecule has 1 amide bonds. The maximum atomic E-state index is 14.0. The number of likely N-dealkylation sites (tertiary alicyclic amines) is 1. The predicted molar refractivity (Wildman–Crippen MR) is 143 cm³/mol. The number of amides is 1. The maximum Gasteiger partial charge on any atom is 0.417 e. The third-order valence-electron chi connectivity index (χ3n) is 10.2. The van der Waals surface area contributed by atoms with E-state index in [-0.39, 0.29) is 36.3 Å². The highest BCUT2D eigenvalue weighted by atomic mass is 19.4.